The number of fused-ring (bicyclic) bond motifs is 1. The molecule has 1 aromatic heterocycles. The molecule has 0 atom stereocenters. The van der Waals surface area contributed by atoms with E-state index in [2.05, 4.69) is 20.3 Å². The predicted molar refractivity (Wildman–Crippen MR) is 87.9 cm³/mol. The first kappa shape index (κ1) is 15.1. The van der Waals surface area contributed by atoms with E-state index in [1.807, 2.05) is 24.3 Å². The van der Waals surface area contributed by atoms with Crippen molar-refractivity contribution >= 4 is 17.6 Å². The van der Waals surface area contributed by atoms with Crippen molar-refractivity contribution in [1.82, 2.24) is 9.97 Å². The number of nitrogens with zero attached hydrogens (tertiary/aromatic N) is 1. The zero-order valence-electron chi connectivity index (χ0n) is 13.0. The van der Waals surface area contributed by atoms with Gasteiger partial charge in [0.05, 0.1) is 24.1 Å². The van der Waals surface area contributed by atoms with Crippen LogP contribution in [0.1, 0.15) is 24.1 Å². The highest BCUT2D eigenvalue weighted by molar-refractivity contribution is 5.88. The van der Waals surface area contributed by atoms with Crippen LogP contribution in [0, 0.1) is 0 Å². The van der Waals surface area contributed by atoms with Crippen LogP contribution < -0.4 is 26.3 Å². The lowest BCUT2D eigenvalue weighted by atomic mass is 9.97. The van der Waals surface area contributed by atoms with Gasteiger partial charge in [-0.3, -0.25) is 10.1 Å². The molecule has 0 unspecified atom stereocenters. The van der Waals surface area contributed by atoms with Crippen LogP contribution in [0.5, 0.6) is 5.75 Å². The zero-order valence-corrected chi connectivity index (χ0v) is 13.0. The van der Waals surface area contributed by atoms with Crippen molar-refractivity contribution in [1.29, 1.82) is 0 Å². The minimum atomic E-state index is -0.0885. The van der Waals surface area contributed by atoms with Crippen LogP contribution in [0.3, 0.4) is 0 Å². The van der Waals surface area contributed by atoms with Crippen molar-refractivity contribution in [2.75, 3.05) is 12.4 Å². The van der Waals surface area contributed by atoms with Gasteiger partial charge >= 0.3 is 5.95 Å². The Kier molecular flexibility index (Phi) is 4.27. The third-order valence-electron chi connectivity index (χ3n) is 3.81. The molecule has 23 heavy (non-hydrogen) atoms. The standard InChI is InChI=1S/C16H19N5O2/c1-23-11-8-6-10(7-9-11)18-15(17)21-16-19-13-5-3-2-4-12(13)14(22)20-16/h6-9H,2-5H2,1H3,(H4,17,18,19,20,21,22)/p+1. The van der Waals surface area contributed by atoms with E-state index >= 15 is 0 Å². The van der Waals surface area contributed by atoms with Gasteiger partial charge in [0.2, 0.25) is 0 Å². The summed E-state index contributed by atoms with van der Waals surface area (Å²) in [5, 5.41) is 3.01. The predicted octanol–water partition coefficient (Wildman–Crippen LogP) is -0.204. The molecule has 7 heteroatoms. The number of benzene rings is 1. The monoisotopic (exact) mass is 314 g/mol. The Morgan fingerprint density at radius 3 is 2.78 bits per heavy atom. The Labute approximate surface area is 133 Å². The van der Waals surface area contributed by atoms with Crippen LogP contribution in [0.4, 0.5) is 11.6 Å². The fraction of sp³-hybridized carbons (Fsp3) is 0.312. The van der Waals surface area contributed by atoms with E-state index in [0.717, 1.165) is 48.4 Å². The van der Waals surface area contributed by atoms with E-state index in [9.17, 15) is 4.79 Å². The van der Waals surface area contributed by atoms with E-state index in [4.69, 9.17) is 10.5 Å². The number of methoxy groups -OCH3 is 1. The van der Waals surface area contributed by atoms with Crippen LogP contribution in [0.25, 0.3) is 0 Å². The average Bonchev–Trinajstić information content (AvgIpc) is 2.55. The maximum absolute atomic E-state index is 12.1. The van der Waals surface area contributed by atoms with Gasteiger partial charge in [0.15, 0.2) is 0 Å². The molecule has 0 saturated carbocycles. The summed E-state index contributed by atoms with van der Waals surface area (Å²) in [6, 6.07) is 7.34. The Morgan fingerprint density at radius 1 is 1.30 bits per heavy atom. The number of guanidine groups is 1. The second-order valence-electron chi connectivity index (χ2n) is 5.44. The van der Waals surface area contributed by atoms with Crippen LogP contribution in [0.2, 0.25) is 0 Å². The SMILES string of the molecule is COc1ccc(NC(N)=[NH+]c2nc3c(c(=O)[nH]2)CCCC3)cc1. The van der Waals surface area contributed by atoms with Crippen molar-refractivity contribution in [2.24, 2.45) is 5.73 Å². The first-order chi connectivity index (χ1) is 11.2. The molecule has 0 aliphatic heterocycles. The number of aromatic amines is 1. The average molecular weight is 314 g/mol. The highest BCUT2D eigenvalue weighted by Crippen LogP contribution is 2.16. The van der Waals surface area contributed by atoms with Crippen molar-refractivity contribution in [3.8, 4) is 5.75 Å². The second kappa shape index (κ2) is 6.51. The van der Waals surface area contributed by atoms with E-state index < -0.39 is 0 Å². The molecule has 0 fully saturated rings. The Hall–Kier alpha value is -2.83. The first-order valence-electron chi connectivity index (χ1n) is 7.58. The number of ether oxygens (including phenoxy) is 1. The topological polar surface area (TPSA) is 107 Å². The number of aryl methyl sites for hydroxylation is 1. The molecule has 2 aromatic rings. The molecule has 120 valence electrons. The Balaban J connectivity index is 1.80. The van der Waals surface area contributed by atoms with Crippen molar-refractivity contribution in [3.05, 3.63) is 45.9 Å². The molecule has 0 amide bonds. The van der Waals surface area contributed by atoms with Crippen molar-refractivity contribution in [2.45, 2.75) is 25.7 Å². The van der Waals surface area contributed by atoms with E-state index in [1.165, 1.54) is 0 Å². The molecule has 7 nitrogen and oxygen atoms in total. The Morgan fingerprint density at radius 2 is 2.04 bits per heavy atom. The lowest BCUT2D eigenvalue weighted by molar-refractivity contribution is -0.365. The number of H-pyrrole nitrogens is 1. The fourth-order valence-electron chi connectivity index (χ4n) is 2.65. The number of hydrogen-bond donors (Lipinski definition) is 4. The molecule has 5 N–H and O–H groups in total. The minimum absolute atomic E-state index is 0.0885. The van der Waals surface area contributed by atoms with Gasteiger partial charge in [-0.25, -0.2) is 9.98 Å². The zero-order chi connectivity index (χ0) is 16.2. The molecule has 0 spiro atoms. The minimum Gasteiger partial charge on any atom is -0.497 e. The molecule has 0 bridgehead atoms. The highest BCUT2D eigenvalue weighted by Gasteiger charge is 2.18. The second-order valence-corrected chi connectivity index (χ2v) is 5.44. The van der Waals surface area contributed by atoms with Crippen LogP contribution in [0.15, 0.2) is 29.1 Å². The highest BCUT2D eigenvalue weighted by atomic mass is 16.5. The number of aromatic nitrogens is 2. The van der Waals surface area contributed by atoms with Crippen molar-refractivity contribution in [3.63, 3.8) is 0 Å². The maximum Gasteiger partial charge on any atom is 0.325 e. The summed E-state index contributed by atoms with van der Waals surface area (Å²) in [6.45, 7) is 0. The van der Waals surface area contributed by atoms with Gasteiger partial charge in [-0.15, -0.1) is 4.98 Å². The van der Waals surface area contributed by atoms with Gasteiger partial charge in [-0.1, -0.05) is 0 Å². The van der Waals surface area contributed by atoms with E-state index in [0.29, 0.717) is 5.95 Å². The molecule has 1 aliphatic carbocycles. The van der Waals surface area contributed by atoms with Gasteiger partial charge < -0.3 is 10.5 Å². The third kappa shape index (κ3) is 3.50. The summed E-state index contributed by atoms with van der Waals surface area (Å²) in [7, 11) is 1.61. The normalized spacial score (nSPS) is 14.2. The molecule has 3 rings (SSSR count). The number of hydrogen-bond acceptors (Lipinski definition) is 3. The molecular formula is C16H20N5O2+. The van der Waals surface area contributed by atoms with Crippen LogP contribution in [-0.2, 0) is 12.8 Å². The summed E-state index contributed by atoms with van der Waals surface area (Å²) in [6.07, 6.45) is 3.73. The molecule has 1 heterocycles. The molecular weight excluding hydrogens is 294 g/mol. The van der Waals surface area contributed by atoms with E-state index in [-0.39, 0.29) is 11.5 Å². The summed E-state index contributed by atoms with van der Waals surface area (Å²) in [5.41, 5.74) is 8.30. The van der Waals surface area contributed by atoms with E-state index in [1.54, 1.807) is 7.11 Å². The summed E-state index contributed by atoms with van der Waals surface area (Å²) >= 11 is 0. The molecule has 1 aliphatic rings. The summed E-state index contributed by atoms with van der Waals surface area (Å²) in [5.74, 6) is 1.41. The first-order valence-corrected chi connectivity index (χ1v) is 7.58. The van der Waals surface area contributed by atoms with Gasteiger partial charge in [0, 0.05) is 0 Å². The van der Waals surface area contributed by atoms with Crippen molar-refractivity contribution < 1.29 is 9.73 Å². The number of nitrogens with one attached hydrogen (secondary N) is 3. The van der Waals surface area contributed by atoms with Gasteiger partial charge in [-0.05, 0) is 49.9 Å². The lowest BCUT2D eigenvalue weighted by Crippen LogP contribution is -2.73. The fourth-order valence-corrected chi connectivity index (χ4v) is 2.65. The summed E-state index contributed by atoms with van der Waals surface area (Å²) in [4.78, 5) is 22.2. The molecule has 0 saturated heterocycles. The summed E-state index contributed by atoms with van der Waals surface area (Å²) < 4.78 is 5.10. The maximum atomic E-state index is 12.1. The van der Waals surface area contributed by atoms with Gasteiger partial charge in [0.25, 0.3) is 11.5 Å². The van der Waals surface area contributed by atoms with Gasteiger partial charge in [0.1, 0.15) is 5.75 Å². The quantitative estimate of drug-likeness (QED) is 0.463. The van der Waals surface area contributed by atoms with Gasteiger partial charge in [-0.2, -0.15) is 0 Å². The van der Waals surface area contributed by atoms with Crippen LogP contribution in [-0.4, -0.2) is 23.0 Å². The largest absolute Gasteiger partial charge is 0.497 e. The smallest absolute Gasteiger partial charge is 0.325 e. The molecule has 0 radical (unpaired) electrons. The molecule has 1 aromatic carbocycles. The number of rotatable bonds is 3. The Bertz CT molecular complexity index is 780. The number of nitrogens with two attached hydrogens (primary N) is 1. The lowest BCUT2D eigenvalue weighted by Gasteiger charge is -2.10. The number of anilines is 1. The van der Waals surface area contributed by atoms with Crippen LogP contribution >= 0.6 is 0 Å². The third-order valence-corrected chi connectivity index (χ3v) is 3.81.